The number of benzene rings is 1. The molecule has 0 saturated heterocycles. The van der Waals surface area contributed by atoms with Crippen LogP contribution in [-0.4, -0.2) is 25.2 Å². The van der Waals surface area contributed by atoms with Crippen LogP contribution in [0.1, 0.15) is 5.56 Å². The summed E-state index contributed by atoms with van der Waals surface area (Å²) in [6, 6.07) is 5.74. The van der Waals surface area contributed by atoms with E-state index < -0.39 is 5.76 Å². The largest absolute Gasteiger partial charge is 0.417 e. The lowest BCUT2D eigenvalue weighted by Gasteiger charge is -2.03. The topological polar surface area (TPSA) is 70.1 Å². The number of aromatic amines is 1. The molecule has 0 bridgehead atoms. The quantitative estimate of drug-likeness (QED) is 0.506. The fraction of sp³-hybridized carbons (Fsp3) is 0.364. The smallest absolute Gasteiger partial charge is 0.408 e. The zero-order valence-electron chi connectivity index (χ0n) is 9.17. The normalized spacial score (nSPS) is 11.1. The third kappa shape index (κ3) is 2.50. The number of aromatic nitrogens is 1. The van der Waals surface area contributed by atoms with E-state index >= 15 is 0 Å². The molecule has 3 N–H and O–H groups in total. The van der Waals surface area contributed by atoms with Crippen LogP contribution < -0.4 is 16.4 Å². The van der Waals surface area contributed by atoms with Gasteiger partial charge in [0, 0.05) is 13.2 Å². The molecule has 1 heterocycles. The lowest BCUT2D eigenvalue weighted by Crippen LogP contribution is -2.27. The summed E-state index contributed by atoms with van der Waals surface area (Å²) in [5.74, 6) is -0.402. The van der Waals surface area contributed by atoms with Crippen molar-refractivity contribution in [3.63, 3.8) is 0 Å². The van der Waals surface area contributed by atoms with Crippen molar-refractivity contribution in [3.05, 3.63) is 34.3 Å². The molecule has 5 nitrogen and oxygen atoms in total. The van der Waals surface area contributed by atoms with Crippen LogP contribution in [0, 0.1) is 0 Å². The van der Waals surface area contributed by atoms with Crippen molar-refractivity contribution in [2.24, 2.45) is 0 Å². The van der Waals surface area contributed by atoms with Gasteiger partial charge in [-0.2, -0.15) is 0 Å². The van der Waals surface area contributed by atoms with E-state index in [9.17, 15) is 4.79 Å². The van der Waals surface area contributed by atoms with E-state index in [-0.39, 0.29) is 0 Å². The Morgan fingerprint density at radius 2 is 2.31 bits per heavy atom. The van der Waals surface area contributed by atoms with E-state index in [1.54, 1.807) is 0 Å². The molecule has 2 aromatic rings. The maximum atomic E-state index is 11.0. The van der Waals surface area contributed by atoms with Gasteiger partial charge in [0.2, 0.25) is 0 Å². The SMILES string of the molecule is CNCNCCc1ccc2oc(=O)[nH]c2c1. The second-order valence-corrected chi connectivity index (χ2v) is 3.63. The van der Waals surface area contributed by atoms with Gasteiger partial charge in [-0.25, -0.2) is 4.79 Å². The summed E-state index contributed by atoms with van der Waals surface area (Å²) in [5.41, 5.74) is 2.54. The summed E-state index contributed by atoms with van der Waals surface area (Å²) in [6.07, 6.45) is 0.921. The number of oxazole rings is 1. The van der Waals surface area contributed by atoms with Gasteiger partial charge in [0.15, 0.2) is 5.58 Å². The summed E-state index contributed by atoms with van der Waals surface area (Å²) in [4.78, 5) is 13.6. The number of rotatable bonds is 5. The Hall–Kier alpha value is -1.59. The van der Waals surface area contributed by atoms with Crippen LogP contribution in [0.4, 0.5) is 0 Å². The highest BCUT2D eigenvalue weighted by molar-refractivity contribution is 5.72. The van der Waals surface area contributed by atoms with Crippen molar-refractivity contribution in [2.75, 3.05) is 20.3 Å². The molecule has 86 valence electrons. The van der Waals surface area contributed by atoms with Gasteiger partial charge >= 0.3 is 5.76 Å². The molecule has 0 spiro atoms. The molecular weight excluding hydrogens is 206 g/mol. The highest BCUT2D eigenvalue weighted by atomic mass is 16.4. The zero-order chi connectivity index (χ0) is 11.4. The van der Waals surface area contributed by atoms with Crippen LogP contribution in [0.3, 0.4) is 0 Å². The number of fused-ring (bicyclic) bond motifs is 1. The second-order valence-electron chi connectivity index (χ2n) is 3.63. The molecule has 0 aliphatic carbocycles. The molecule has 0 aliphatic rings. The first-order valence-electron chi connectivity index (χ1n) is 5.26. The summed E-state index contributed by atoms with van der Waals surface area (Å²) >= 11 is 0. The Morgan fingerprint density at radius 1 is 1.44 bits per heavy atom. The van der Waals surface area contributed by atoms with Gasteiger partial charge in [-0.1, -0.05) is 6.07 Å². The van der Waals surface area contributed by atoms with Crippen LogP contribution in [0.2, 0.25) is 0 Å². The first-order valence-corrected chi connectivity index (χ1v) is 5.26. The Labute approximate surface area is 92.8 Å². The Kier molecular flexibility index (Phi) is 3.38. The fourth-order valence-electron chi connectivity index (χ4n) is 1.60. The molecule has 1 aromatic carbocycles. The maximum Gasteiger partial charge on any atom is 0.417 e. The van der Waals surface area contributed by atoms with E-state index in [2.05, 4.69) is 15.6 Å². The van der Waals surface area contributed by atoms with Gasteiger partial charge in [0.25, 0.3) is 0 Å². The van der Waals surface area contributed by atoms with Gasteiger partial charge in [-0.3, -0.25) is 4.98 Å². The van der Waals surface area contributed by atoms with Gasteiger partial charge in [0.05, 0.1) is 5.52 Å². The standard InChI is InChI=1S/C11H15N3O2/c1-12-7-13-5-4-8-2-3-10-9(6-8)14-11(15)16-10/h2-3,6,12-13H,4-5,7H2,1H3,(H,14,15). The molecular formula is C11H15N3O2. The summed E-state index contributed by atoms with van der Waals surface area (Å²) < 4.78 is 4.93. The molecule has 0 atom stereocenters. The zero-order valence-corrected chi connectivity index (χ0v) is 9.17. The van der Waals surface area contributed by atoms with Crippen molar-refractivity contribution in [1.29, 1.82) is 0 Å². The highest BCUT2D eigenvalue weighted by Crippen LogP contribution is 2.12. The Morgan fingerprint density at radius 3 is 3.12 bits per heavy atom. The second kappa shape index (κ2) is 4.96. The van der Waals surface area contributed by atoms with Gasteiger partial charge in [-0.05, 0) is 31.2 Å². The summed E-state index contributed by atoms with van der Waals surface area (Å²) in [7, 11) is 1.90. The Balaban J connectivity index is 2.04. The third-order valence-corrected chi connectivity index (χ3v) is 2.38. The number of hydrogen-bond acceptors (Lipinski definition) is 4. The van der Waals surface area contributed by atoms with Gasteiger partial charge in [0.1, 0.15) is 0 Å². The van der Waals surface area contributed by atoms with Crippen LogP contribution >= 0.6 is 0 Å². The Bertz CT molecular complexity index is 515. The minimum atomic E-state index is -0.402. The van der Waals surface area contributed by atoms with Crippen LogP contribution in [0.15, 0.2) is 27.4 Å². The lowest BCUT2D eigenvalue weighted by atomic mass is 10.1. The van der Waals surface area contributed by atoms with Gasteiger partial charge in [-0.15, -0.1) is 0 Å². The maximum absolute atomic E-state index is 11.0. The van der Waals surface area contributed by atoms with E-state index in [0.29, 0.717) is 5.58 Å². The van der Waals surface area contributed by atoms with Crippen molar-refractivity contribution in [1.82, 2.24) is 15.6 Å². The van der Waals surface area contributed by atoms with Crippen LogP contribution in [0.25, 0.3) is 11.1 Å². The minimum absolute atomic E-state index is 0.402. The van der Waals surface area contributed by atoms with Crippen LogP contribution in [0.5, 0.6) is 0 Å². The molecule has 2 rings (SSSR count). The van der Waals surface area contributed by atoms with Crippen molar-refractivity contribution in [3.8, 4) is 0 Å². The molecule has 1 aromatic heterocycles. The number of H-pyrrole nitrogens is 1. The van der Waals surface area contributed by atoms with E-state index in [1.807, 2.05) is 25.2 Å². The molecule has 0 unspecified atom stereocenters. The van der Waals surface area contributed by atoms with Gasteiger partial charge < -0.3 is 15.1 Å². The molecule has 0 aliphatic heterocycles. The number of hydrogen-bond donors (Lipinski definition) is 3. The minimum Gasteiger partial charge on any atom is -0.408 e. The average Bonchev–Trinajstić information content (AvgIpc) is 2.64. The predicted octanol–water partition coefficient (Wildman–Crippen LogP) is 0.430. The molecule has 0 fully saturated rings. The van der Waals surface area contributed by atoms with E-state index in [4.69, 9.17) is 4.42 Å². The number of nitrogens with one attached hydrogen (secondary N) is 3. The molecule has 16 heavy (non-hydrogen) atoms. The van der Waals surface area contributed by atoms with Crippen molar-refractivity contribution in [2.45, 2.75) is 6.42 Å². The summed E-state index contributed by atoms with van der Waals surface area (Å²) in [5, 5.41) is 6.24. The van der Waals surface area contributed by atoms with E-state index in [0.717, 1.165) is 25.2 Å². The molecule has 0 amide bonds. The molecule has 0 saturated carbocycles. The lowest BCUT2D eigenvalue weighted by molar-refractivity contribution is 0.555. The summed E-state index contributed by atoms with van der Waals surface area (Å²) in [6.45, 7) is 1.69. The highest BCUT2D eigenvalue weighted by Gasteiger charge is 2.01. The average molecular weight is 221 g/mol. The monoisotopic (exact) mass is 221 g/mol. The third-order valence-electron chi connectivity index (χ3n) is 2.38. The van der Waals surface area contributed by atoms with Crippen molar-refractivity contribution < 1.29 is 4.42 Å². The molecule has 5 heteroatoms. The van der Waals surface area contributed by atoms with Crippen LogP contribution in [-0.2, 0) is 6.42 Å². The van der Waals surface area contributed by atoms with Crippen molar-refractivity contribution >= 4 is 11.1 Å². The fourth-order valence-corrected chi connectivity index (χ4v) is 1.60. The first-order chi connectivity index (χ1) is 7.79. The molecule has 0 radical (unpaired) electrons. The first kappa shape index (κ1) is 10.9. The van der Waals surface area contributed by atoms with E-state index in [1.165, 1.54) is 5.56 Å². The predicted molar refractivity (Wildman–Crippen MR) is 62.5 cm³/mol.